The number of ether oxygens (including phenoxy) is 1. The minimum atomic E-state index is -0.303. The highest BCUT2D eigenvalue weighted by atomic mass is 19.1. The second-order valence-electron chi connectivity index (χ2n) is 5.91. The number of aryl methyl sites for hydroxylation is 1. The molecule has 2 aromatic carbocycles. The Balaban J connectivity index is 1.67. The van der Waals surface area contributed by atoms with Gasteiger partial charge in [-0.2, -0.15) is 0 Å². The van der Waals surface area contributed by atoms with E-state index in [0.717, 1.165) is 18.4 Å². The first kappa shape index (κ1) is 19.4. The lowest BCUT2D eigenvalue weighted by molar-refractivity contribution is -0.125. The lowest BCUT2D eigenvalue weighted by Crippen LogP contribution is -2.35. The van der Waals surface area contributed by atoms with E-state index in [-0.39, 0.29) is 24.2 Å². The zero-order valence-corrected chi connectivity index (χ0v) is 14.8. The molecule has 0 unspecified atom stereocenters. The predicted molar refractivity (Wildman–Crippen MR) is 97.2 cm³/mol. The summed E-state index contributed by atoms with van der Waals surface area (Å²) in [6.07, 6.45) is 1.67. The standard InChI is InChI=1S/C20H23FN2O3/c1-15(24)22-14-20(25)23-13-17-9-7-16(8-10-17)4-3-11-26-19-6-2-5-18(21)12-19/h2,5-10,12H,3-4,11,13-14H2,1H3,(H,22,24)(H,23,25). The van der Waals surface area contributed by atoms with E-state index < -0.39 is 0 Å². The third-order valence-corrected chi connectivity index (χ3v) is 3.69. The van der Waals surface area contributed by atoms with Crippen molar-refractivity contribution in [2.75, 3.05) is 13.2 Å². The Labute approximate surface area is 152 Å². The molecule has 26 heavy (non-hydrogen) atoms. The average molecular weight is 358 g/mol. The molecular formula is C20H23FN2O3. The summed E-state index contributed by atoms with van der Waals surface area (Å²) in [6, 6.07) is 14.1. The number of halogens is 1. The van der Waals surface area contributed by atoms with Gasteiger partial charge in [-0.15, -0.1) is 0 Å². The fourth-order valence-electron chi connectivity index (χ4n) is 2.31. The molecule has 5 nitrogen and oxygen atoms in total. The maximum atomic E-state index is 13.0. The highest BCUT2D eigenvalue weighted by Gasteiger charge is 2.02. The van der Waals surface area contributed by atoms with Crippen LogP contribution in [0.15, 0.2) is 48.5 Å². The fraction of sp³-hybridized carbons (Fsp3) is 0.300. The van der Waals surface area contributed by atoms with Crippen LogP contribution in [0.1, 0.15) is 24.5 Å². The van der Waals surface area contributed by atoms with Gasteiger partial charge in [0.05, 0.1) is 13.2 Å². The molecule has 0 bridgehead atoms. The summed E-state index contributed by atoms with van der Waals surface area (Å²) in [4.78, 5) is 22.3. The molecule has 138 valence electrons. The van der Waals surface area contributed by atoms with Crippen LogP contribution in [0.25, 0.3) is 0 Å². The summed E-state index contributed by atoms with van der Waals surface area (Å²) in [7, 11) is 0. The molecule has 0 saturated carbocycles. The molecule has 2 N–H and O–H groups in total. The molecule has 2 aromatic rings. The van der Waals surface area contributed by atoms with Crippen LogP contribution >= 0.6 is 0 Å². The Morgan fingerprint density at radius 2 is 1.77 bits per heavy atom. The van der Waals surface area contributed by atoms with Crippen molar-refractivity contribution in [3.8, 4) is 5.75 Å². The van der Waals surface area contributed by atoms with E-state index in [2.05, 4.69) is 10.6 Å². The monoisotopic (exact) mass is 358 g/mol. The molecule has 0 aromatic heterocycles. The highest BCUT2D eigenvalue weighted by Crippen LogP contribution is 2.13. The second-order valence-corrected chi connectivity index (χ2v) is 5.91. The molecule has 6 heteroatoms. The van der Waals surface area contributed by atoms with Gasteiger partial charge in [0.1, 0.15) is 11.6 Å². The molecule has 2 amide bonds. The smallest absolute Gasteiger partial charge is 0.239 e. The Bertz CT molecular complexity index is 732. The zero-order valence-electron chi connectivity index (χ0n) is 14.8. The molecule has 0 heterocycles. The molecule has 0 radical (unpaired) electrons. The highest BCUT2D eigenvalue weighted by molar-refractivity contribution is 5.83. The van der Waals surface area contributed by atoms with E-state index in [1.807, 2.05) is 24.3 Å². The fourth-order valence-corrected chi connectivity index (χ4v) is 2.31. The number of amides is 2. The maximum Gasteiger partial charge on any atom is 0.239 e. The minimum Gasteiger partial charge on any atom is -0.493 e. The van der Waals surface area contributed by atoms with E-state index in [9.17, 15) is 14.0 Å². The van der Waals surface area contributed by atoms with Crippen LogP contribution in [0.2, 0.25) is 0 Å². The van der Waals surface area contributed by atoms with Gasteiger partial charge >= 0.3 is 0 Å². The molecule has 0 aliphatic carbocycles. The summed E-state index contributed by atoms with van der Waals surface area (Å²) in [6.45, 7) is 2.29. The van der Waals surface area contributed by atoms with E-state index in [1.165, 1.54) is 24.6 Å². The lowest BCUT2D eigenvalue weighted by atomic mass is 10.1. The van der Waals surface area contributed by atoms with Crippen molar-refractivity contribution in [3.05, 3.63) is 65.5 Å². The van der Waals surface area contributed by atoms with Gasteiger partial charge in [0, 0.05) is 19.5 Å². The number of carbonyl (C=O) groups excluding carboxylic acids is 2. The van der Waals surface area contributed by atoms with Crippen LogP contribution in [-0.2, 0) is 22.6 Å². The Hall–Kier alpha value is -2.89. The quantitative estimate of drug-likeness (QED) is 0.677. The SMILES string of the molecule is CC(=O)NCC(=O)NCc1ccc(CCCOc2cccc(F)c2)cc1. The van der Waals surface area contributed by atoms with Crippen molar-refractivity contribution in [2.24, 2.45) is 0 Å². The zero-order chi connectivity index (χ0) is 18.8. The van der Waals surface area contributed by atoms with E-state index in [1.54, 1.807) is 12.1 Å². The predicted octanol–water partition coefficient (Wildman–Crippen LogP) is 2.59. The first-order valence-corrected chi connectivity index (χ1v) is 8.50. The van der Waals surface area contributed by atoms with Crippen LogP contribution < -0.4 is 15.4 Å². The third kappa shape index (κ3) is 7.34. The lowest BCUT2D eigenvalue weighted by Gasteiger charge is -2.08. The van der Waals surface area contributed by atoms with Crippen molar-refractivity contribution in [1.82, 2.24) is 10.6 Å². The van der Waals surface area contributed by atoms with Crippen LogP contribution in [0.4, 0.5) is 4.39 Å². The normalized spacial score (nSPS) is 10.2. The number of carbonyl (C=O) groups is 2. The van der Waals surface area contributed by atoms with Crippen molar-refractivity contribution < 1.29 is 18.7 Å². The Kier molecular flexibility index (Phi) is 7.61. The summed E-state index contributed by atoms with van der Waals surface area (Å²) < 4.78 is 18.6. The first-order valence-electron chi connectivity index (χ1n) is 8.50. The van der Waals surface area contributed by atoms with Crippen LogP contribution in [0.5, 0.6) is 5.75 Å². The molecule has 0 atom stereocenters. The second kappa shape index (κ2) is 10.2. The summed E-state index contributed by atoms with van der Waals surface area (Å²) in [5.41, 5.74) is 2.15. The molecule has 0 spiro atoms. The maximum absolute atomic E-state index is 13.0. The molecule has 2 rings (SSSR count). The summed E-state index contributed by atoms with van der Waals surface area (Å²) in [5.74, 6) is -0.220. The Morgan fingerprint density at radius 3 is 2.46 bits per heavy atom. The third-order valence-electron chi connectivity index (χ3n) is 3.69. The summed E-state index contributed by atoms with van der Waals surface area (Å²) >= 11 is 0. The van der Waals surface area contributed by atoms with Crippen molar-refractivity contribution in [1.29, 1.82) is 0 Å². The first-order chi connectivity index (χ1) is 12.5. The van der Waals surface area contributed by atoms with Gasteiger partial charge in [0.15, 0.2) is 0 Å². The van der Waals surface area contributed by atoms with Crippen LogP contribution in [0.3, 0.4) is 0 Å². The van der Waals surface area contributed by atoms with Gasteiger partial charge in [-0.25, -0.2) is 4.39 Å². The number of hydrogen-bond donors (Lipinski definition) is 2. The molecule has 0 fully saturated rings. The number of hydrogen-bond acceptors (Lipinski definition) is 3. The van der Waals surface area contributed by atoms with Crippen molar-refractivity contribution >= 4 is 11.8 Å². The van der Waals surface area contributed by atoms with E-state index >= 15 is 0 Å². The minimum absolute atomic E-state index is 0.0151. The number of rotatable bonds is 9. The van der Waals surface area contributed by atoms with Gasteiger partial charge in [-0.3, -0.25) is 9.59 Å². The molecule has 0 aliphatic rings. The van der Waals surface area contributed by atoms with Crippen molar-refractivity contribution in [2.45, 2.75) is 26.3 Å². The van der Waals surface area contributed by atoms with E-state index in [4.69, 9.17) is 4.74 Å². The number of benzene rings is 2. The molecular weight excluding hydrogens is 335 g/mol. The van der Waals surface area contributed by atoms with Gasteiger partial charge in [0.2, 0.25) is 11.8 Å². The van der Waals surface area contributed by atoms with Crippen molar-refractivity contribution in [3.63, 3.8) is 0 Å². The summed E-state index contributed by atoms with van der Waals surface area (Å²) in [5, 5.41) is 5.20. The van der Waals surface area contributed by atoms with Crippen LogP contribution in [0, 0.1) is 5.82 Å². The van der Waals surface area contributed by atoms with Gasteiger partial charge in [-0.1, -0.05) is 30.3 Å². The largest absolute Gasteiger partial charge is 0.493 e. The average Bonchev–Trinajstić information content (AvgIpc) is 2.63. The topological polar surface area (TPSA) is 67.4 Å². The Morgan fingerprint density at radius 1 is 1.04 bits per heavy atom. The molecule has 0 aliphatic heterocycles. The van der Waals surface area contributed by atoms with Gasteiger partial charge in [0.25, 0.3) is 0 Å². The van der Waals surface area contributed by atoms with Crippen LogP contribution in [-0.4, -0.2) is 25.0 Å². The van der Waals surface area contributed by atoms with E-state index in [0.29, 0.717) is 18.9 Å². The van der Waals surface area contributed by atoms with Gasteiger partial charge in [-0.05, 0) is 36.1 Å². The number of nitrogens with one attached hydrogen (secondary N) is 2. The molecule has 0 saturated heterocycles. The van der Waals surface area contributed by atoms with Gasteiger partial charge < -0.3 is 15.4 Å².